The van der Waals surface area contributed by atoms with Crippen molar-refractivity contribution in [2.75, 3.05) is 27.4 Å². The Kier molecular flexibility index (Phi) is 15.7. The second-order valence-corrected chi connectivity index (χ2v) is 19.3. The first-order valence-electron chi connectivity index (χ1n) is 23.3. The number of hydrogen-bond donors (Lipinski definition) is 3. The molecule has 4 fully saturated rings. The number of methoxy groups -OCH3 is 2. The van der Waals surface area contributed by atoms with E-state index in [2.05, 4.69) is 39.8 Å². The Morgan fingerprint density at radius 2 is 1.60 bits per heavy atom. The van der Waals surface area contributed by atoms with E-state index in [1.54, 1.807) is 40.2 Å². The van der Waals surface area contributed by atoms with Gasteiger partial charge < -0.3 is 62.7 Å². The lowest BCUT2D eigenvalue weighted by Crippen LogP contribution is -2.61. The summed E-state index contributed by atoms with van der Waals surface area (Å²) < 4.78 is 63.7. The van der Waals surface area contributed by atoms with Crippen LogP contribution < -0.4 is 0 Å². The van der Waals surface area contributed by atoms with Crippen LogP contribution in [0.15, 0.2) is 59.3 Å². The summed E-state index contributed by atoms with van der Waals surface area (Å²) in [6, 6.07) is 0. The van der Waals surface area contributed by atoms with Gasteiger partial charge in [0.25, 0.3) is 0 Å². The van der Waals surface area contributed by atoms with Crippen molar-refractivity contribution in [2.24, 2.45) is 29.6 Å². The van der Waals surface area contributed by atoms with E-state index in [1.807, 2.05) is 32.1 Å². The Balaban J connectivity index is 1.19. The van der Waals surface area contributed by atoms with E-state index >= 15 is 0 Å². The summed E-state index contributed by atoms with van der Waals surface area (Å²) >= 11 is 0. The molecular formula is C49H74O14. The Morgan fingerprint density at radius 3 is 2.33 bits per heavy atom. The van der Waals surface area contributed by atoms with Crippen molar-refractivity contribution in [2.45, 2.75) is 185 Å². The number of fused-ring (bicyclic) bond motifs is 2. The molecule has 0 aromatic rings. The lowest BCUT2D eigenvalue weighted by Gasteiger charge is -2.50. The van der Waals surface area contributed by atoms with Crippen LogP contribution in [0.4, 0.5) is 0 Å². The maximum Gasteiger partial charge on any atom is 0.316 e. The van der Waals surface area contributed by atoms with Gasteiger partial charge in [0.05, 0.1) is 62.0 Å². The van der Waals surface area contributed by atoms with Crippen LogP contribution in [0.3, 0.4) is 0 Å². The van der Waals surface area contributed by atoms with E-state index in [-0.39, 0.29) is 49.3 Å². The number of aliphatic hydroxyl groups excluding tert-OH is 2. The van der Waals surface area contributed by atoms with Gasteiger partial charge >= 0.3 is 5.97 Å². The molecule has 0 saturated carbocycles. The topological polar surface area (TPSA) is 170 Å². The van der Waals surface area contributed by atoms with Gasteiger partial charge in [-0.05, 0) is 62.8 Å². The first-order valence-corrected chi connectivity index (χ1v) is 23.3. The van der Waals surface area contributed by atoms with Crippen molar-refractivity contribution in [3.05, 3.63) is 59.3 Å². The predicted molar refractivity (Wildman–Crippen MR) is 232 cm³/mol. The fourth-order valence-corrected chi connectivity index (χ4v) is 10.9. The van der Waals surface area contributed by atoms with Crippen LogP contribution in [0.1, 0.15) is 93.9 Å². The molecular weight excluding hydrogens is 813 g/mol. The van der Waals surface area contributed by atoms with Gasteiger partial charge in [0, 0.05) is 57.7 Å². The Hall–Kier alpha value is -2.31. The minimum atomic E-state index is -1.75. The number of carbonyl (C=O) groups excluding carboxylic acids is 1. The molecule has 0 aromatic heterocycles. The number of esters is 1. The molecule has 1 spiro atoms. The molecule has 0 radical (unpaired) electrons. The molecule has 14 heteroatoms. The Morgan fingerprint density at radius 1 is 0.889 bits per heavy atom. The largest absolute Gasteiger partial charge is 0.462 e. The average Bonchev–Trinajstić information content (AvgIpc) is 3.25. The first kappa shape index (κ1) is 48.6. The Bertz CT molecular complexity index is 1740. The van der Waals surface area contributed by atoms with E-state index < -0.39 is 90.6 Å². The smallest absolute Gasteiger partial charge is 0.316 e. The number of allylic oxidation sites excluding steroid dienone is 2. The summed E-state index contributed by atoms with van der Waals surface area (Å²) in [7, 11) is 3.22. The zero-order valence-corrected chi connectivity index (χ0v) is 38.9. The van der Waals surface area contributed by atoms with E-state index in [4.69, 9.17) is 47.4 Å². The zero-order valence-electron chi connectivity index (χ0n) is 38.9. The van der Waals surface area contributed by atoms with E-state index in [0.29, 0.717) is 43.3 Å². The SMILES string of the molecule is CC[C@H](C)[C@@H]1O[C@]2(C=C[C@@H]1C)C[C@H]1C[C@@H](C/C=C(\C)[C@H](O[C@@H]3C[C@H](OC)[C@H](O[C@@H]4C[C@H](OC)[C@H](O)[C@H](C)O4)[C@H](C)O3)[C@H](C)/C=C/C=C3\COC[C@@H]4[C@H](O)C(C)=C[C@H](C(=O)O1)[C@]34O)O2. The average molecular weight is 887 g/mol. The summed E-state index contributed by atoms with van der Waals surface area (Å²) in [5.74, 6) is -3.28. The second-order valence-electron chi connectivity index (χ2n) is 19.3. The predicted octanol–water partition coefficient (Wildman–Crippen LogP) is 5.63. The number of carbonyl (C=O) groups is 1. The lowest BCUT2D eigenvalue weighted by atomic mass is 9.64. The standard InChI is InChI=1S/C49H74O14/c1-11-26(2)45-29(5)17-18-48(63-45)23-35-20-34(62-48)16-15-28(4)44(60-41-22-39(55-10)46(32(8)58-41)61-40-21-38(54-9)43(51)31(7)57-40)27(3)13-12-14-33-24-56-25-37-42(50)30(6)19-36(47(52)59-35)49(33,37)53/h12-15,17-19,26-27,29,31-32,34-46,50-51,53H,11,16,20-25H2,1-10H3/b13-12+,28-15+,33-14+/t26-,27+,29-,31-,32-,34+,35+,36+,37+,38-,39-,40+,41+,42+,43+,44+,45-,46+,48+,49+/m0/s1. The molecule has 7 aliphatic rings. The molecule has 0 aromatic carbocycles. The third-order valence-electron chi connectivity index (χ3n) is 14.9. The molecule has 2 bridgehead atoms. The van der Waals surface area contributed by atoms with Crippen molar-refractivity contribution >= 4 is 5.97 Å². The normalized spacial score (nSPS) is 48.7. The van der Waals surface area contributed by atoms with Gasteiger partial charge in [0.15, 0.2) is 18.4 Å². The summed E-state index contributed by atoms with van der Waals surface area (Å²) in [5.41, 5.74) is 0.277. The molecule has 1 aliphatic carbocycles. The summed E-state index contributed by atoms with van der Waals surface area (Å²) in [5, 5.41) is 34.6. The van der Waals surface area contributed by atoms with E-state index in [9.17, 15) is 20.1 Å². The van der Waals surface area contributed by atoms with Crippen LogP contribution in [-0.4, -0.2) is 140 Å². The zero-order chi connectivity index (χ0) is 45.4. The molecule has 20 atom stereocenters. The van der Waals surface area contributed by atoms with Crippen LogP contribution in [0, 0.1) is 29.6 Å². The maximum atomic E-state index is 14.5. The van der Waals surface area contributed by atoms with Crippen molar-refractivity contribution < 1.29 is 67.5 Å². The Labute approximate surface area is 373 Å². The van der Waals surface area contributed by atoms with Gasteiger partial charge in [-0.1, -0.05) is 70.6 Å². The monoisotopic (exact) mass is 887 g/mol. The highest BCUT2D eigenvalue weighted by Crippen LogP contribution is 2.47. The summed E-state index contributed by atoms with van der Waals surface area (Å²) in [6.45, 7) is 16.3. The molecule has 0 amide bonds. The first-order chi connectivity index (χ1) is 30.0. The van der Waals surface area contributed by atoms with Gasteiger partial charge in [-0.2, -0.15) is 0 Å². The van der Waals surface area contributed by atoms with Gasteiger partial charge in [0.2, 0.25) is 0 Å². The molecule has 63 heavy (non-hydrogen) atoms. The lowest BCUT2D eigenvalue weighted by molar-refractivity contribution is -0.318. The van der Waals surface area contributed by atoms with Gasteiger partial charge in [0.1, 0.15) is 29.8 Å². The molecule has 0 unspecified atom stereocenters. The molecule has 6 heterocycles. The molecule has 3 N–H and O–H groups in total. The second kappa shape index (κ2) is 20.3. The third-order valence-corrected chi connectivity index (χ3v) is 14.9. The maximum absolute atomic E-state index is 14.5. The van der Waals surface area contributed by atoms with Crippen LogP contribution in [-0.2, 0) is 52.2 Å². The molecule has 6 aliphatic heterocycles. The summed E-state index contributed by atoms with van der Waals surface area (Å²) in [6.07, 6.45) is 9.81. The van der Waals surface area contributed by atoms with Crippen LogP contribution in [0.2, 0.25) is 0 Å². The van der Waals surface area contributed by atoms with E-state index in [0.717, 1.165) is 12.0 Å². The fourth-order valence-electron chi connectivity index (χ4n) is 10.9. The third kappa shape index (κ3) is 10.2. The number of ether oxygens (including phenoxy) is 10. The number of aliphatic hydroxyl groups is 3. The van der Waals surface area contributed by atoms with Crippen LogP contribution >= 0.6 is 0 Å². The van der Waals surface area contributed by atoms with Crippen molar-refractivity contribution in [3.63, 3.8) is 0 Å². The highest BCUT2D eigenvalue weighted by Gasteiger charge is 2.58. The van der Waals surface area contributed by atoms with Crippen molar-refractivity contribution in [1.82, 2.24) is 0 Å². The minimum absolute atomic E-state index is 0.0806. The van der Waals surface area contributed by atoms with Crippen LogP contribution in [0.5, 0.6) is 0 Å². The van der Waals surface area contributed by atoms with E-state index in [1.165, 1.54) is 0 Å². The van der Waals surface area contributed by atoms with Gasteiger partial charge in [-0.15, -0.1) is 0 Å². The molecule has 14 nitrogen and oxygen atoms in total. The minimum Gasteiger partial charge on any atom is -0.462 e. The highest BCUT2D eigenvalue weighted by molar-refractivity contribution is 5.78. The summed E-state index contributed by atoms with van der Waals surface area (Å²) in [4.78, 5) is 14.5. The quantitative estimate of drug-likeness (QED) is 0.203. The number of rotatable bonds is 8. The molecule has 354 valence electrons. The van der Waals surface area contributed by atoms with Gasteiger partial charge in [-0.25, -0.2) is 0 Å². The fraction of sp³-hybridized carbons (Fsp3) is 0.776. The van der Waals surface area contributed by atoms with Crippen molar-refractivity contribution in [1.29, 1.82) is 0 Å². The molecule has 4 saturated heterocycles. The van der Waals surface area contributed by atoms with Gasteiger partial charge in [-0.3, -0.25) is 4.79 Å². The van der Waals surface area contributed by atoms with Crippen LogP contribution in [0.25, 0.3) is 0 Å². The molecule has 7 rings (SSSR count). The van der Waals surface area contributed by atoms with Crippen molar-refractivity contribution in [3.8, 4) is 0 Å². The number of hydrogen-bond acceptors (Lipinski definition) is 14. The highest BCUT2D eigenvalue weighted by atomic mass is 16.7.